The second kappa shape index (κ2) is 7.58. The molecule has 0 saturated carbocycles. The van der Waals surface area contributed by atoms with Crippen molar-refractivity contribution in [3.8, 4) is 0 Å². The lowest BCUT2D eigenvalue weighted by Crippen LogP contribution is -2.53. The minimum absolute atomic E-state index is 0.552. The first-order valence-corrected chi connectivity index (χ1v) is 6.11. The first-order chi connectivity index (χ1) is 9.44. The van der Waals surface area contributed by atoms with Crippen molar-refractivity contribution in [3.63, 3.8) is 0 Å². The molecule has 0 fully saturated rings. The van der Waals surface area contributed by atoms with E-state index in [1.165, 1.54) is 0 Å². The van der Waals surface area contributed by atoms with Gasteiger partial charge < -0.3 is 25.6 Å². The largest absolute Gasteiger partial charge is 0.480 e. The van der Waals surface area contributed by atoms with Crippen molar-refractivity contribution in [1.29, 1.82) is 0 Å². The summed E-state index contributed by atoms with van der Waals surface area (Å²) >= 11 is 0. The van der Waals surface area contributed by atoms with Gasteiger partial charge in [-0.25, -0.2) is 9.59 Å². The van der Waals surface area contributed by atoms with Gasteiger partial charge in [0.05, 0.1) is 0 Å². The zero-order valence-corrected chi connectivity index (χ0v) is 12.3. The van der Waals surface area contributed by atoms with Gasteiger partial charge in [0.1, 0.15) is 18.2 Å². The number of carbonyl (C=O) groups excluding carboxylic acids is 3. The van der Waals surface area contributed by atoms with Crippen molar-refractivity contribution in [3.05, 3.63) is 0 Å². The van der Waals surface area contributed by atoms with Crippen molar-refractivity contribution in [2.75, 3.05) is 6.54 Å². The summed E-state index contributed by atoms with van der Waals surface area (Å²) < 4.78 is 4.88. The third-order valence-electron chi connectivity index (χ3n) is 2.11. The van der Waals surface area contributed by atoms with Crippen LogP contribution in [0.15, 0.2) is 0 Å². The standard InChI is InChI=1S/C12H20N2O7/c1-6(15)9(17)8(10(18)19)14-7(16)5-13-11(20)21-12(2,3)4/h8-9,17H,5H2,1-4H3,(H,13,20)(H,14,16)(H,18,19)/t8-,9+/m0/s1. The van der Waals surface area contributed by atoms with Crippen molar-refractivity contribution >= 4 is 23.8 Å². The Morgan fingerprint density at radius 2 is 1.71 bits per heavy atom. The number of alkyl carbamates (subject to hydrolysis) is 1. The molecule has 0 aromatic rings. The number of carbonyl (C=O) groups is 4. The lowest BCUT2D eigenvalue weighted by molar-refractivity contribution is -0.148. The third-order valence-corrected chi connectivity index (χ3v) is 2.11. The fourth-order valence-electron chi connectivity index (χ4n) is 1.20. The summed E-state index contributed by atoms with van der Waals surface area (Å²) in [5.41, 5.74) is -0.741. The number of Topliss-reactive ketones (excluding diaryl/α,β-unsaturated/α-hetero) is 1. The molecular weight excluding hydrogens is 284 g/mol. The first kappa shape index (κ1) is 18.8. The molecule has 9 heteroatoms. The van der Waals surface area contributed by atoms with Crippen LogP contribution in [0, 0.1) is 0 Å². The van der Waals surface area contributed by atoms with E-state index < -0.39 is 48.0 Å². The SMILES string of the molecule is CC(=O)[C@@H](O)[C@H](NC(=O)CNC(=O)OC(C)(C)C)C(=O)O. The number of carboxylic acids is 1. The van der Waals surface area contributed by atoms with E-state index in [9.17, 15) is 24.3 Å². The van der Waals surface area contributed by atoms with Crippen LogP contribution < -0.4 is 10.6 Å². The van der Waals surface area contributed by atoms with Gasteiger partial charge >= 0.3 is 12.1 Å². The van der Waals surface area contributed by atoms with Crippen molar-refractivity contribution in [2.45, 2.75) is 45.4 Å². The number of nitrogens with one attached hydrogen (secondary N) is 2. The van der Waals surface area contributed by atoms with E-state index in [1.807, 2.05) is 5.32 Å². The Morgan fingerprint density at radius 1 is 1.19 bits per heavy atom. The lowest BCUT2D eigenvalue weighted by atomic mass is 10.1. The quantitative estimate of drug-likeness (QED) is 0.494. The van der Waals surface area contributed by atoms with Gasteiger partial charge in [-0.2, -0.15) is 0 Å². The second-order valence-electron chi connectivity index (χ2n) is 5.29. The van der Waals surface area contributed by atoms with Crippen LogP contribution >= 0.6 is 0 Å². The van der Waals surface area contributed by atoms with Crippen LogP contribution in [0.3, 0.4) is 0 Å². The van der Waals surface area contributed by atoms with E-state index in [0.29, 0.717) is 0 Å². The summed E-state index contributed by atoms with van der Waals surface area (Å²) in [7, 11) is 0. The van der Waals surface area contributed by atoms with Gasteiger partial charge in [0.15, 0.2) is 11.8 Å². The van der Waals surface area contributed by atoms with Gasteiger partial charge in [0, 0.05) is 0 Å². The molecule has 0 bridgehead atoms. The summed E-state index contributed by atoms with van der Waals surface area (Å²) in [6.07, 6.45) is -2.72. The number of amides is 2. The van der Waals surface area contributed by atoms with E-state index in [-0.39, 0.29) is 0 Å². The maximum atomic E-state index is 11.5. The maximum absolute atomic E-state index is 11.5. The summed E-state index contributed by atoms with van der Waals surface area (Å²) in [6.45, 7) is 5.35. The van der Waals surface area contributed by atoms with E-state index in [1.54, 1.807) is 20.8 Å². The number of ether oxygens (including phenoxy) is 1. The molecule has 4 N–H and O–H groups in total. The highest BCUT2D eigenvalue weighted by molar-refractivity contribution is 5.92. The molecule has 0 heterocycles. The maximum Gasteiger partial charge on any atom is 0.408 e. The molecule has 0 aromatic carbocycles. The molecule has 0 radical (unpaired) electrons. The van der Waals surface area contributed by atoms with Gasteiger partial charge in [0.25, 0.3) is 0 Å². The molecule has 0 saturated heterocycles. The van der Waals surface area contributed by atoms with Crippen LogP contribution in [0.1, 0.15) is 27.7 Å². The number of hydrogen-bond acceptors (Lipinski definition) is 6. The van der Waals surface area contributed by atoms with Crippen molar-refractivity contribution in [2.24, 2.45) is 0 Å². The molecule has 0 aliphatic rings. The van der Waals surface area contributed by atoms with Crippen molar-refractivity contribution < 1.29 is 34.1 Å². The minimum Gasteiger partial charge on any atom is -0.480 e. The summed E-state index contributed by atoms with van der Waals surface area (Å²) in [6, 6.07) is -1.78. The Labute approximate surface area is 121 Å². The number of aliphatic hydroxyl groups excluding tert-OH is 1. The highest BCUT2D eigenvalue weighted by atomic mass is 16.6. The number of hydrogen-bond donors (Lipinski definition) is 4. The van der Waals surface area contributed by atoms with E-state index in [2.05, 4.69) is 5.32 Å². The predicted molar refractivity (Wildman–Crippen MR) is 70.5 cm³/mol. The van der Waals surface area contributed by atoms with Crippen LogP contribution in [-0.4, -0.2) is 58.3 Å². The molecule has 0 unspecified atom stereocenters. The number of aliphatic hydroxyl groups is 1. The fraction of sp³-hybridized carbons (Fsp3) is 0.667. The molecule has 2 amide bonds. The highest BCUT2D eigenvalue weighted by Gasteiger charge is 2.31. The highest BCUT2D eigenvalue weighted by Crippen LogP contribution is 2.06. The summed E-state index contributed by atoms with van der Waals surface area (Å²) in [4.78, 5) is 44.6. The summed E-state index contributed by atoms with van der Waals surface area (Å²) in [5, 5.41) is 22.3. The molecule has 120 valence electrons. The Kier molecular flexibility index (Phi) is 6.80. The van der Waals surface area contributed by atoms with E-state index in [0.717, 1.165) is 6.92 Å². The molecular formula is C12H20N2O7. The Hall–Kier alpha value is -2.16. The van der Waals surface area contributed by atoms with Gasteiger partial charge in [-0.1, -0.05) is 0 Å². The minimum atomic E-state index is -1.87. The Balaban J connectivity index is 4.44. The Morgan fingerprint density at radius 3 is 2.10 bits per heavy atom. The van der Waals surface area contributed by atoms with E-state index in [4.69, 9.17) is 9.84 Å². The molecule has 0 spiro atoms. The topological polar surface area (TPSA) is 142 Å². The van der Waals surface area contributed by atoms with Crippen LogP contribution in [-0.2, 0) is 19.1 Å². The molecule has 0 rings (SSSR count). The summed E-state index contributed by atoms with van der Waals surface area (Å²) in [5.74, 6) is -3.25. The number of aliphatic carboxylic acids is 1. The van der Waals surface area contributed by atoms with Crippen LogP contribution in [0.4, 0.5) is 4.79 Å². The predicted octanol–water partition coefficient (Wildman–Crippen LogP) is -0.970. The average Bonchev–Trinajstić information content (AvgIpc) is 2.29. The van der Waals surface area contributed by atoms with E-state index >= 15 is 0 Å². The zero-order valence-electron chi connectivity index (χ0n) is 12.3. The molecule has 9 nitrogen and oxygen atoms in total. The van der Waals surface area contributed by atoms with Gasteiger partial charge in [-0.3, -0.25) is 9.59 Å². The molecule has 0 aliphatic heterocycles. The molecule has 2 atom stereocenters. The fourth-order valence-corrected chi connectivity index (χ4v) is 1.20. The number of carboxylic acid groups (broad SMARTS) is 1. The zero-order chi connectivity index (χ0) is 16.8. The average molecular weight is 304 g/mol. The van der Waals surface area contributed by atoms with Gasteiger partial charge in [-0.15, -0.1) is 0 Å². The monoisotopic (exact) mass is 304 g/mol. The lowest BCUT2D eigenvalue weighted by Gasteiger charge is -2.20. The smallest absolute Gasteiger partial charge is 0.408 e. The first-order valence-electron chi connectivity index (χ1n) is 6.11. The number of ketones is 1. The van der Waals surface area contributed by atoms with Crippen LogP contribution in [0.2, 0.25) is 0 Å². The normalized spacial score (nSPS) is 13.8. The van der Waals surface area contributed by atoms with Crippen LogP contribution in [0.5, 0.6) is 0 Å². The van der Waals surface area contributed by atoms with Crippen LogP contribution in [0.25, 0.3) is 0 Å². The van der Waals surface area contributed by atoms with Gasteiger partial charge in [-0.05, 0) is 27.7 Å². The van der Waals surface area contributed by atoms with Crippen molar-refractivity contribution in [1.82, 2.24) is 10.6 Å². The molecule has 0 aromatic heterocycles. The molecule has 21 heavy (non-hydrogen) atoms. The van der Waals surface area contributed by atoms with Gasteiger partial charge in [0.2, 0.25) is 5.91 Å². The Bertz CT molecular complexity index is 428. The third kappa shape index (κ3) is 7.88. The second-order valence-corrected chi connectivity index (χ2v) is 5.29. The molecule has 0 aliphatic carbocycles. The number of rotatable bonds is 6.